The molecule has 1 saturated heterocycles. The van der Waals surface area contributed by atoms with Gasteiger partial charge in [-0.3, -0.25) is 19.3 Å². The molecule has 0 spiro atoms. The number of anilines is 1. The van der Waals surface area contributed by atoms with Gasteiger partial charge in [-0.25, -0.2) is 0 Å². The number of nitrogens with zero attached hydrogens (tertiary/aromatic N) is 4. The Morgan fingerprint density at radius 1 is 0.889 bits per heavy atom. The van der Waals surface area contributed by atoms with Crippen molar-refractivity contribution in [2.75, 3.05) is 57.3 Å². The number of hydrogen-bond donors (Lipinski definition) is 1. The summed E-state index contributed by atoms with van der Waals surface area (Å²) >= 11 is 0. The van der Waals surface area contributed by atoms with Gasteiger partial charge < -0.3 is 19.7 Å². The Bertz CT molecular complexity index is 1190. The molecular weight excluding hydrogens is 454 g/mol. The van der Waals surface area contributed by atoms with Crippen molar-refractivity contribution < 1.29 is 14.4 Å². The summed E-state index contributed by atoms with van der Waals surface area (Å²) in [5.41, 5.74) is 2.33. The average molecular weight is 490 g/mol. The molecule has 0 atom stereocenters. The second kappa shape index (κ2) is 11.9. The number of nitrogens with one attached hydrogen (secondary N) is 1. The topological polar surface area (TPSA) is 77.9 Å². The first-order valence-electron chi connectivity index (χ1n) is 12.7. The van der Waals surface area contributed by atoms with Crippen LogP contribution in [0, 0.1) is 0 Å². The molecule has 0 saturated carbocycles. The Hall–Kier alpha value is -3.65. The van der Waals surface area contributed by atoms with Crippen molar-refractivity contribution in [3.8, 4) is 0 Å². The second-order valence-corrected chi connectivity index (χ2v) is 9.00. The second-order valence-electron chi connectivity index (χ2n) is 9.00. The lowest BCUT2D eigenvalue weighted by molar-refractivity contribution is -0.131. The third kappa shape index (κ3) is 5.76. The molecule has 2 aromatic carbocycles. The molecule has 1 aliphatic heterocycles. The molecule has 1 aromatic heterocycles. The third-order valence-electron chi connectivity index (χ3n) is 6.87. The molecule has 190 valence electrons. The normalized spacial score (nSPS) is 14.1. The van der Waals surface area contributed by atoms with Crippen LogP contribution in [0.1, 0.15) is 24.2 Å². The minimum atomic E-state index is -0.615. The summed E-state index contributed by atoms with van der Waals surface area (Å²) in [5, 5.41) is 3.48. The summed E-state index contributed by atoms with van der Waals surface area (Å²) in [6.45, 7) is 10.1. The van der Waals surface area contributed by atoms with Crippen LogP contribution >= 0.6 is 0 Å². The lowest BCUT2D eigenvalue weighted by Gasteiger charge is -2.36. The number of aromatic nitrogens is 1. The molecule has 0 aliphatic carbocycles. The van der Waals surface area contributed by atoms with Crippen molar-refractivity contribution >= 4 is 34.2 Å². The SMILES string of the molecule is CCN(CC)C(=O)Cn1cc(C(=O)C(=O)NCCN2CCN(c3ccccc3)CC2)c2ccccc21. The van der Waals surface area contributed by atoms with Crippen LogP contribution in [0.4, 0.5) is 5.69 Å². The van der Waals surface area contributed by atoms with Gasteiger partial charge in [0.25, 0.3) is 11.7 Å². The van der Waals surface area contributed by atoms with Gasteiger partial charge in [-0.2, -0.15) is 0 Å². The minimum absolute atomic E-state index is 0.0171. The zero-order valence-electron chi connectivity index (χ0n) is 21.2. The predicted molar refractivity (Wildman–Crippen MR) is 142 cm³/mol. The molecule has 1 fully saturated rings. The van der Waals surface area contributed by atoms with E-state index in [0.29, 0.717) is 37.1 Å². The highest BCUT2D eigenvalue weighted by Gasteiger charge is 2.23. The molecule has 0 unspecified atom stereocenters. The van der Waals surface area contributed by atoms with E-state index < -0.39 is 11.7 Å². The number of fused-ring (bicyclic) bond motifs is 1. The largest absolute Gasteiger partial charge is 0.369 e. The standard InChI is InChI=1S/C28H35N5O3/c1-3-31(4-2)26(34)21-33-20-24(23-12-8-9-13-25(23)33)27(35)28(36)29-14-15-30-16-18-32(19-17-30)22-10-6-5-7-11-22/h5-13,20H,3-4,14-19,21H2,1-2H3,(H,29,36). The Morgan fingerprint density at radius 2 is 1.56 bits per heavy atom. The maximum Gasteiger partial charge on any atom is 0.292 e. The van der Waals surface area contributed by atoms with Gasteiger partial charge >= 0.3 is 0 Å². The Morgan fingerprint density at radius 3 is 2.25 bits per heavy atom. The zero-order valence-corrected chi connectivity index (χ0v) is 21.2. The third-order valence-corrected chi connectivity index (χ3v) is 6.87. The number of amides is 2. The Balaban J connectivity index is 1.33. The van der Waals surface area contributed by atoms with Crippen molar-refractivity contribution in [1.29, 1.82) is 0 Å². The highest BCUT2D eigenvalue weighted by atomic mass is 16.2. The molecular formula is C28H35N5O3. The fourth-order valence-electron chi connectivity index (χ4n) is 4.78. The van der Waals surface area contributed by atoms with E-state index in [9.17, 15) is 14.4 Å². The van der Waals surface area contributed by atoms with Crippen molar-refractivity contribution in [3.63, 3.8) is 0 Å². The van der Waals surface area contributed by atoms with Gasteiger partial charge in [0.2, 0.25) is 5.91 Å². The zero-order chi connectivity index (χ0) is 25.5. The summed E-state index contributed by atoms with van der Waals surface area (Å²) in [6, 6.07) is 17.8. The van der Waals surface area contributed by atoms with Gasteiger partial charge in [0.1, 0.15) is 6.54 Å². The first-order valence-corrected chi connectivity index (χ1v) is 12.7. The van der Waals surface area contributed by atoms with Crippen LogP contribution in [-0.2, 0) is 16.1 Å². The lowest BCUT2D eigenvalue weighted by atomic mass is 10.1. The number of ketones is 1. The fraction of sp³-hybridized carbons (Fsp3) is 0.393. The molecule has 8 nitrogen and oxygen atoms in total. The first-order chi connectivity index (χ1) is 17.5. The molecule has 2 heterocycles. The molecule has 4 rings (SSSR count). The van der Waals surface area contributed by atoms with E-state index in [1.807, 2.05) is 44.2 Å². The molecule has 0 radical (unpaired) electrons. The summed E-state index contributed by atoms with van der Waals surface area (Å²) in [6.07, 6.45) is 1.64. The smallest absolute Gasteiger partial charge is 0.292 e. The summed E-state index contributed by atoms with van der Waals surface area (Å²) in [5.74, 6) is -1.21. The molecule has 8 heteroatoms. The van der Waals surface area contributed by atoms with E-state index in [0.717, 1.165) is 31.7 Å². The number of Topliss-reactive ketones (excluding diaryl/α,β-unsaturated/α-hetero) is 1. The Kier molecular flexibility index (Phi) is 8.38. The number of piperazine rings is 1. The minimum Gasteiger partial charge on any atom is -0.369 e. The quantitative estimate of drug-likeness (QED) is 0.350. The monoisotopic (exact) mass is 489 g/mol. The average Bonchev–Trinajstić information content (AvgIpc) is 3.28. The summed E-state index contributed by atoms with van der Waals surface area (Å²) < 4.78 is 1.77. The van der Waals surface area contributed by atoms with Crippen LogP contribution in [-0.4, -0.2) is 84.3 Å². The molecule has 2 amide bonds. The van der Waals surface area contributed by atoms with Gasteiger partial charge in [-0.05, 0) is 32.0 Å². The van der Waals surface area contributed by atoms with Crippen LogP contribution in [0.15, 0.2) is 60.8 Å². The first kappa shape index (κ1) is 25.4. The molecule has 3 aromatic rings. The van der Waals surface area contributed by atoms with Crippen LogP contribution in [0.3, 0.4) is 0 Å². The molecule has 1 aliphatic rings. The van der Waals surface area contributed by atoms with Crippen LogP contribution in [0.2, 0.25) is 0 Å². The van der Waals surface area contributed by atoms with Crippen LogP contribution in [0.25, 0.3) is 10.9 Å². The van der Waals surface area contributed by atoms with E-state index in [4.69, 9.17) is 0 Å². The highest BCUT2D eigenvalue weighted by Crippen LogP contribution is 2.22. The van der Waals surface area contributed by atoms with E-state index in [2.05, 4.69) is 39.4 Å². The summed E-state index contributed by atoms with van der Waals surface area (Å²) in [7, 11) is 0. The van der Waals surface area contributed by atoms with Gasteiger partial charge in [-0.15, -0.1) is 0 Å². The van der Waals surface area contributed by atoms with Gasteiger partial charge in [0.15, 0.2) is 0 Å². The number of carbonyl (C=O) groups excluding carboxylic acids is 3. The van der Waals surface area contributed by atoms with Gasteiger partial charge in [0, 0.05) is 75.1 Å². The Labute approximate surface area is 212 Å². The van der Waals surface area contributed by atoms with E-state index >= 15 is 0 Å². The van der Waals surface area contributed by atoms with E-state index in [1.54, 1.807) is 15.7 Å². The number of likely N-dealkylation sites (N-methyl/N-ethyl adjacent to an activating group) is 1. The lowest BCUT2D eigenvalue weighted by Crippen LogP contribution is -2.48. The maximum atomic E-state index is 13.0. The molecule has 0 bridgehead atoms. The van der Waals surface area contributed by atoms with Crippen molar-refractivity contribution in [3.05, 3.63) is 66.4 Å². The number of hydrogen-bond acceptors (Lipinski definition) is 5. The molecule has 1 N–H and O–H groups in total. The van der Waals surface area contributed by atoms with E-state index in [1.165, 1.54) is 5.69 Å². The number of benzene rings is 2. The number of carbonyl (C=O) groups is 3. The van der Waals surface area contributed by atoms with Crippen molar-refractivity contribution in [2.24, 2.45) is 0 Å². The van der Waals surface area contributed by atoms with Crippen LogP contribution in [0.5, 0.6) is 0 Å². The molecule has 36 heavy (non-hydrogen) atoms. The fourth-order valence-corrected chi connectivity index (χ4v) is 4.78. The van der Waals surface area contributed by atoms with Gasteiger partial charge in [-0.1, -0.05) is 36.4 Å². The maximum absolute atomic E-state index is 13.0. The number of rotatable bonds is 10. The van der Waals surface area contributed by atoms with Crippen molar-refractivity contribution in [2.45, 2.75) is 20.4 Å². The number of para-hydroxylation sites is 2. The van der Waals surface area contributed by atoms with Crippen LogP contribution < -0.4 is 10.2 Å². The predicted octanol–water partition coefficient (Wildman–Crippen LogP) is 2.63. The highest BCUT2D eigenvalue weighted by molar-refractivity contribution is 6.45. The summed E-state index contributed by atoms with van der Waals surface area (Å²) in [4.78, 5) is 44.8. The van der Waals surface area contributed by atoms with Gasteiger partial charge in [0.05, 0.1) is 5.56 Å². The van der Waals surface area contributed by atoms with Crippen molar-refractivity contribution in [1.82, 2.24) is 19.7 Å². The van der Waals surface area contributed by atoms with E-state index in [-0.39, 0.29) is 12.5 Å².